The summed E-state index contributed by atoms with van der Waals surface area (Å²) in [5, 5.41) is 2.85. The van der Waals surface area contributed by atoms with Crippen molar-refractivity contribution in [2.24, 2.45) is 0 Å². The Morgan fingerprint density at radius 2 is 2.24 bits per heavy atom. The van der Waals surface area contributed by atoms with Gasteiger partial charge in [0.15, 0.2) is 5.60 Å². The molecule has 0 aliphatic carbocycles. The normalized spacial score (nSPS) is 27.9. The van der Waals surface area contributed by atoms with Gasteiger partial charge < -0.3 is 14.8 Å². The largest absolute Gasteiger partial charge is 0.445 e. The van der Waals surface area contributed by atoms with Crippen LogP contribution in [-0.2, 0) is 20.7 Å². The molecular weight excluding hydrogens is 270 g/mol. The molecule has 5 heteroatoms. The zero-order valence-corrected chi connectivity index (χ0v) is 12.1. The van der Waals surface area contributed by atoms with Crippen molar-refractivity contribution in [1.82, 2.24) is 5.32 Å². The van der Waals surface area contributed by atoms with Gasteiger partial charge in [0, 0.05) is 19.6 Å². The maximum absolute atomic E-state index is 12.4. The first-order valence-electron chi connectivity index (χ1n) is 7.30. The van der Waals surface area contributed by atoms with Crippen LogP contribution >= 0.6 is 0 Å². The molecule has 1 fully saturated rings. The average Bonchev–Trinajstić information content (AvgIpc) is 2.98. The van der Waals surface area contributed by atoms with E-state index in [0.717, 1.165) is 25.0 Å². The molecular formula is C16H19NO4. The summed E-state index contributed by atoms with van der Waals surface area (Å²) in [4.78, 5) is 24.4. The molecule has 5 nitrogen and oxygen atoms in total. The van der Waals surface area contributed by atoms with Gasteiger partial charge in [0.25, 0.3) is 5.91 Å². The first-order valence-corrected chi connectivity index (χ1v) is 7.30. The van der Waals surface area contributed by atoms with Crippen LogP contribution in [0.1, 0.15) is 35.7 Å². The van der Waals surface area contributed by atoms with Crippen molar-refractivity contribution in [3.63, 3.8) is 0 Å². The molecule has 0 unspecified atom stereocenters. The summed E-state index contributed by atoms with van der Waals surface area (Å²) < 4.78 is 10.9. The number of nitrogens with one attached hydrogen (secondary N) is 1. The Bertz CT molecular complexity index is 565. The second kappa shape index (κ2) is 5.48. The third-order valence-electron chi connectivity index (χ3n) is 4.08. The number of hydrogen-bond donors (Lipinski definition) is 1. The molecule has 1 N–H and O–H groups in total. The second-order valence-corrected chi connectivity index (χ2v) is 5.80. The third kappa shape index (κ3) is 2.78. The van der Waals surface area contributed by atoms with Crippen LogP contribution in [-0.4, -0.2) is 36.7 Å². The Morgan fingerprint density at radius 3 is 3.00 bits per heavy atom. The molecule has 3 rings (SSSR count). The molecule has 21 heavy (non-hydrogen) atoms. The van der Waals surface area contributed by atoms with Crippen molar-refractivity contribution in [2.45, 2.75) is 37.9 Å². The minimum Gasteiger partial charge on any atom is -0.445 e. The van der Waals surface area contributed by atoms with Gasteiger partial charge in [-0.2, -0.15) is 0 Å². The summed E-state index contributed by atoms with van der Waals surface area (Å²) in [5.74, 6) is -0.701. The molecule has 2 atom stereocenters. The van der Waals surface area contributed by atoms with Crippen LogP contribution in [0.4, 0.5) is 0 Å². The molecule has 2 heterocycles. The summed E-state index contributed by atoms with van der Waals surface area (Å²) in [7, 11) is 0. The molecule has 1 amide bonds. The maximum atomic E-state index is 12.4. The molecule has 2 aliphatic heterocycles. The highest BCUT2D eigenvalue weighted by Crippen LogP contribution is 2.28. The number of cyclic esters (lactones) is 1. The van der Waals surface area contributed by atoms with Gasteiger partial charge in [-0.25, -0.2) is 4.79 Å². The van der Waals surface area contributed by atoms with Gasteiger partial charge in [-0.15, -0.1) is 0 Å². The number of carbonyl (C=O) groups excluding carboxylic acids is 2. The van der Waals surface area contributed by atoms with E-state index in [4.69, 9.17) is 9.47 Å². The molecule has 0 aromatic heterocycles. The Labute approximate surface area is 123 Å². The van der Waals surface area contributed by atoms with Crippen LogP contribution in [0.25, 0.3) is 0 Å². The number of fused-ring (bicyclic) bond motifs is 1. The molecule has 0 radical (unpaired) electrons. The van der Waals surface area contributed by atoms with Crippen molar-refractivity contribution in [1.29, 1.82) is 0 Å². The van der Waals surface area contributed by atoms with Gasteiger partial charge in [-0.05, 0) is 31.4 Å². The van der Waals surface area contributed by atoms with Gasteiger partial charge in [0.05, 0.1) is 11.7 Å². The number of hydrogen-bond acceptors (Lipinski definition) is 4. The molecule has 2 aliphatic rings. The highest BCUT2D eigenvalue weighted by atomic mass is 16.6. The zero-order chi connectivity index (χ0) is 14.9. The smallest absolute Gasteiger partial charge is 0.339 e. The lowest BCUT2D eigenvalue weighted by atomic mass is 9.89. The fourth-order valence-electron chi connectivity index (χ4n) is 2.86. The molecule has 0 bridgehead atoms. The van der Waals surface area contributed by atoms with E-state index in [9.17, 15) is 9.59 Å². The van der Waals surface area contributed by atoms with Crippen molar-refractivity contribution < 1.29 is 19.1 Å². The number of rotatable bonds is 3. The van der Waals surface area contributed by atoms with E-state index in [1.807, 2.05) is 12.1 Å². The second-order valence-electron chi connectivity index (χ2n) is 5.80. The molecule has 112 valence electrons. The topological polar surface area (TPSA) is 64.6 Å². The minimum atomic E-state index is -1.15. The number of benzene rings is 1. The lowest BCUT2D eigenvalue weighted by Crippen LogP contribution is -2.52. The number of amides is 1. The SMILES string of the molecule is C[C@]1(C(=O)NC[C@H]2CCCO2)Cc2ccccc2C(=O)O1. The van der Waals surface area contributed by atoms with E-state index in [1.165, 1.54) is 0 Å². The van der Waals surface area contributed by atoms with Crippen LogP contribution in [0.5, 0.6) is 0 Å². The van der Waals surface area contributed by atoms with Gasteiger partial charge in [0.2, 0.25) is 0 Å². The van der Waals surface area contributed by atoms with Crippen molar-refractivity contribution in [3.05, 3.63) is 35.4 Å². The van der Waals surface area contributed by atoms with Crippen molar-refractivity contribution in [2.75, 3.05) is 13.2 Å². The van der Waals surface area contributed by atoms with E-state index in [2.05, 4.69) is 5.32 Å². The Balaban J connectivity index is 1.69. The summed E-state index contributed by atoms with van der Waals surface area (Å²) in [6, 6.07) is 7.24. The summed E-state index contributed by atoms with van der Waals surface area (Å²) >= 11 is 0. The molecule has 1 aromatic rings. The number of esters is 1. The Kier molecular flexibility index (Phi) is 3.68. The summed E-state index contributed by atoms with van der Waals surface area (Å²) in [6.07, 6.45) is 2.45. The van der Waals surface area contributed by atoms with Gasteiger partial charge in [0.1, 0.15) is 0 Å². The van der Waals surface area contributed by atoms with Crippen LogP contribution in [0, 0.1) is 0 Å². The summed E-state index contributed by atoms with van der Waals surface area (Å²) in [5.41, 5.74) is 0.245. The standard InChI is InChI=1S/C16H19NO4/c1-16(15(19)17-10-12-6-4-8-20-12)9-11-5-2-3-7-13(11)14(18)21-16/h2-3,5,7,12H,4,6,8-10H2,1H3,(H,17,19)/t12-,16-/m1/s1. The predicted octanol–water partition coefficient (Wildman–Crippen LogP) is 1.45. The lowest BCUT2D eigenvalue weighted by molar-refractivity contribution is -0.140. The van der Waals surface area contributed by atoms with Gasteiger partial charge in [-0.1, -0.05) is 18.2 Å². The van der Waals surface area contributed by atoms with E-state index >= 15 is 0 Å². The van der Waals surface area contributed by atoms with Crippen molar-refractivity contribution >= 4 is 11.9 Å². The first kappa shape index (κ1) is 14.1. The number of carbonyl (C=O) groups is 2. The fourth-order valence-corrected chi connectivity index (χ4v) is 2.86. The molecule has 1 saturated heterocycles. The number of ether oxygens (including phenoxy) is 2. The highest BCUT2D eigenvalue weighted by molar-refractivity contribution is 5.97. The van der Waals surface area contributed by atoms with Crippen LogP contribution in [0.3, 0.4) is 0 Å². The Morgan fingerprint density at radius 1 is 1.43 bits per heavy atom. The van der Waals surface area contributed by atoms with Crippen LogP contribution in [0.15, 0.2) is 24.3 Å². The Hall–Kier alpha value is -1.88. The molecule has 0 saturated carbocycles. The monoisotopic (exact) mass is 289 g/mol. The molecule has 0 spiro atoms. The van der Waals surface area contributed by atoms with Gasteiger partial charge in [-0.3, -0.25) is 4.79 Å². The van der Waals surface area contributed by atoms with Crippen LogP contribution < -0.4 is 5.32 Å². The van der Waals surface area contributed by atoms with E-state index in [0.29, 0.717) is 18.5 Å². The lowest BCUT2D eigenvalue weighted by Gasteiger charge is -2.33. The van der Waals surface area contributed by atoms with Gasteiger partial charge >= 0.3 is 5.97 Å². The first-order chi connectivity index (χ1) is 10.1. The zero-order valence-electron chi connectivity index (χ0n) is 12.1. The average molecular weight is 289 g/mol. The minimum absolute atomic E-state index is 0.0733. The maximum Gasteiger partial charge on any atom is 0.339 e. The van der Waals surface area contributed by atoms with E-state index < -0.39 is 11.6 Å². The fraction of sp³-hybridized carbons (Fsp3) is 0.500. The third-order valence-corrected chi connectivity index (χ3v) is 4.08. The van der Waals surface area contributed by atoms with Crippen LogP contribution in [0.2, 0.25) is 0 Å². The summed E-state index contributed by atoms with van der Waals surface area (Å²) in [6.45, 7) is 2.87. The van der Waals surface area contributed by atoms with Crippen molar-refractivity contribution in [3.8, 4) is 0 Å². The predicted molar refractivity (Wildman–Crippen MR) is 76.0 cm³/mol. The van der Waals surface area contributed by atoms with E-state index in [-0.39, 0.29) is 12.0 Å². The molecule has 1 aromatic carbocycles. The highest BCUT2D eigenvalue weighted by Gasteiger charge is 2.42. The quantitative estimate of drug-likeness (QED) is 0.856. The van der Waals surface area contributed by atoms with E-state index in [1.54, 1.807) is 19.1 Å².